The molecule has 1 aromatic heterocycles. The summed E-state index contributed by atoms with van der Waals surface area (Å²) in [7, 11) is 3.05. The highest BCUT2D eigenvalue weighted by atomic mass is 19.4. The van der Waals surface area contributed by atoms with E-state index in [-0.39, 0.29) is 18.3 Å². The van der Waals surface area contributed by atoms with E-state index < -0.39 is 17.8 Å². The Kier molecular flexibility index (Phi) is 7.04. The number of carbonyl (C=O) groups is 1. The second-order valence-electron chi connectivity index (χ2n) is 7.89. The average Bonchev–Trinajstić information content (AvgIpc) is 3.38. The van der Waals surface area contributed by atoms with Gasteiger partial charge in [0.2, 0.25) is 5.91 Å². The molecule has 0 fully saturated rings. The lowest BCUT2D eigenvalue weighted by atomic mass is 9.92. The fraction of sp³-hybridized carbons (Fsp3) is 0.269. The van der Waals surface area contributed by atoms with Crippen LogP contribution in [0.2, 0.25) is 0 Å². The maximum Gasteiger partial charge on any atom is 0.416 e. The third-order valence-electron chi connectivity index (χ3n) is 5.79. The fourth-order valence-corrected chi connectivity index (χ4v) is 4.04. The van der Waals surface area contributed by atoms with Crippen LogP contribution in [0.5, 0.6) is 17.2 Å². The first-order valence-electron chi connectivity index (χ1n) is 10.9. The van der Waals surface area contributed by atoms with Crippen molar-refractivity contribution in [3.05, 3.63) is 83.3 Å². The van der Waals surface area contributed by atoms with Crippen molar-refractivity contribution in [2.75, 3.05) is 27.4 Å². The molecule has 1 atom stereocenters. The molecule has 0 bridgehead atoms. The molecule has 0 saturated carbocycles. The van der Waals surface area contributed by atoms with E-state index in [1.807, 2.05) is 6.07 Å². The van der Waals surface area contributed by atoms with Crippen molar-refractivity contribution < 1.29 is 36.6 Å². The summed E-state index contributed by atoms with van der Waals surface area (Å²) in [5.74, 6) is 1.35. The zero-order valence-electron chi connectivity index (χ0n) is 19.2. The maximum atomic E-state index is 13.1. The van der Waals surface area contributed by atoms with Crippen LogP contribution in [-0.2, 0) is 17.4 Å². The third-order valence-corrected chi connectivity index (χ3v) is 5.79. The number of hydrogen-bond acceptors (Lipinski definition) is 5. The van der Waals surface area contributed by atoms with Gasteiger partial charge in [0.05, 0.1) is 32.1 Å². The van der Waals surface area contributed by atoms with Gasteiger partial charge in [-0.3, -0.25) is 4.79 Å². The molecule has 184 valence electrons. The number of benzene rings is 2. The summed E-state index contributed by atoms with van der Waals surface area (Å²) >= 11 is 0. The molecule has 1 amide bonds. The van der Waals surface area contributed by atoms with Gasteiger partial charge in [-0.05, 0) is 66.1 Å². The highest BCUT2D eigenvalue weighted by Gasteiger charge is 2.33. The van der Waals surface area contributed by atoms with E-state index in [2.05, 4.69) is 0 Å². The summed E-state index contributed by atoms with van der Waals surface area (Å²) in [6.07, 6.45) is 0.557. The van der Waals surface area contributed by atoms with E-state index in [1.54, 1.807) is 29.2 Å². The van der Waals surface area contributed by atoms with E-state index in [4.69, 9.17) is 18.6 Å². The number of nitrogens with zero attached hydrogens (tertiary/aromatic N) is 1. The van der Waals surface area contributed by atoms with E-state index >= 15 is 0 Å². The van der Waals surface area contributed by atoms with Crippen molar-refractivity contribution in [2.45, 2.75) is 18.6 Å². The van der Waals surface area contributed by atoms with Crippen LogP contribution in [0.25, 0.3) is 6.08 Å². The lowest BCUT2D eigenvalue weighted by Gasteiger charge is -2.37. The molecule has 0 aliphatic carbocycles. The Morgan fingerprint density at radius 2 is 1.89 bits per heavy atom. The van der Waals surface area contributed by atoms with Gasteiger partial charge in [-0.2, -0.15) is 13.2 Å². The van der Waals surface area contributed by atoms with Gasteiger partial charge in [0, 0.05) is 12.6 Å². The topological polar surface area (TPSA) is 61.1 Å². The smallest absolute Gasteiger partial charge is 0.416 e. The summed E-state index contributed by atoms with van der Waals surface area (Å²) in [5.41, 5.74) is 0.916. The van der Waals surface area contributed by atoms with Gasteiger partial charge in [0.25, 0.3) is 0 Å². The molecule has 0 N–H and O–H groups in total. The van der Waals surface area contributed by atoms with Crippen LogP contribution >= 0.6 is 0 Å². The van der Waals surface area contributed by atoms with Gasteiger partial charge < -0.3 is 23.5 Å². The minimum absolute atomic E-state index is 0.0515. The van der Waals surface area contributed by atoms with Gasteiger partial charge in [0.1, 0.15) is 18.1 Å². The van der Waals surface area contributed by atoms with Crippen molar-refractivity contribution in [2.24, 2.45) is 0 Å². The zero-order chi connectivity index (χ0) is 25.0. The summed E-state index contributed by atoms with van der Waals surface area (Å²) in [6.45, 7) is 0.338. The van der Waals surface area contributed by atoms with E-state index in [0.717, 1.165) is 23.3 Å². The molecule has 9 heteroatoms. The third kappa shape index (κ3) is 5.45. The largest absolute Gasteiger partial charge is 0.493 e. The predicted octanol–water partition coefficient (Wildman–Crippen LogP) is 5.53. The highest BCUT2D eigenvalue weighted by Crippen LogP contribution is 2.39. The summed E-state index contributed by atoms with van der Waals surface area (Å²) < 4.78 is 61.3. The number of amides is 1. The fourth-order valence-electron chi connectivity index (χ4n) is 4.04. The Morgan fingerprint density at radius 1 is 1.11 bits per heavy atom. The number of methoxy groups -OCH3 is 2. The minimum Gasteiger partial charge on any atom is -0.493 e. The van der Waals surface area contributed by atoms with Gasteiger partial charge in [-0.15, -0.1) is 0 Å². The molecule has 35 heavy (non-hydrogen) atoms. The minimum atomic E-state index is -4.49. The van der Waals surface area contributed by atoms with Crippen LogP contribution in [0.4, 0.5) is 13.2 Å². The van der Waals surface area contributed by atoms with Crippen LogP contribution in [-0.4, -0.2) is 38.2 Å². The maximum absolute atomic E-state index is 13.1. The number of ether oxygens (including phenoxy) is 3. The Hall–Kier alpha value is -3.88. The summed E-state index contributed by atoms with van der Waals surface area (Å²) in [6, 6.07) is 11.2. The quantitative estimate of drug-likeness (QED) is 0.410. The normalized spacial score (nSPS) is 15.7. The highest BCUT2D eigenvalue weighted by molar-refractivity contribution is 5.92. The standard InChI is InChI=1S/C26H24F3NO5/c1-32-23-13-17-10-11-30(25(31)9-8-19-7-4-12-34-19)22(21(17)15-24(23)33-2)16-35-20-6-3-5-18(14-20)26(27,28)29/h3-9,12-15,22H,10-11,16H2,1-2H3/b9-8+. The Balaban J connectivity index is 1.65. The SMILES string of the molecule is COc1cc2c(cc1OC)C(COc1cccc(C(F)(F)F)c1)N(C(=O)/C=C/c1ccco1)CC2. The molecule has 0 saturated heterocycles. The molecule has 6 nitrogen and oxygen atoms in total. The zero-order valence-corrected chi connectivity index (χ0v) is 19.2. The van der Waals surface area contributed by atoms with Crippen LogP contribution in [0, 0.1) is 0 Å². The molecule has 4 rings (SSSR count). The molecule has 2 aromatic carbocycles. The molecular weight excluding hydrogens is 463 g/mol. The molecule has 1 aliphatic rings. The van der Waals surface area contributed by atoms with Crippen molar-refractivity contribution in [3.8, 4) is 17.2 Å². The molecule has 0 radical (unpaired) electrons. The molecular formula is C26H24F3NO5. The van der Waals surface area contributed by atoms with Crippen molar-refractivity contribution in [1.82, 2.24) is 4.90 Å². The Bertz CT molecular complexity index is 1200. The van der Waals surface area contributed by atoms with Gasteiger partial charge in [-0.25, -0.2) is 0 Å². The Morgan fingerprint density at radius 3 is 2.57 bits per heavy atom. The molecule has 2 heterocycles. The molecule has 1 aliphatic heterocycles. The number of halogens is 3. The lowest BCUT2D eigenvalue weighted by Crippen LogP contribution is -2.41. The Labute approximate surface area is 200 Å². The van der Waals surface area contributed by atoms with Crippen LogP contribution in [0.1, 0.15) is 28.5 Å². The first-order valence-corrected chi connectivity index (χ1v) is 10.9. The monoisotopic (exact) mass is 487 g/mol. The predicted molar refractivity (Wildman–Crippen MR) is 122 cm³/mol. The number of rotatable bonds is 7. The molecule has 1 unspecified atom stereocenters. The number of alkyl halides is 3. The number of fused-ring (bicyclic) bond motifs is 1. The first kappa shape index (κ1) is 24.3. The van der Waals surface area contributed by atoms with Crippen LogP contribution in [0.15, 0.2) is 65.3 Å². The second kappa shape index (κ2) is 10.2. The van der Waals surface area contributed by atoms with E-state index in [9.17, 15) is 18.0 Å². The molecule has 0 spiro atoms. The number of furan rings is 1. The first-order chi connectivity index (χ1) is 16.8. The van der Waals surface area contributed by atoms with E-state index in [1.165, 1.54) is 38.7 Å². The van der Waals surface area contributed by atoms with Gasteiger partial charge in [-0.1, -0.05) is 6.07 Å². The van der Waals surface area contributed by atoms with Gasteiger partial charge in [0.15, 0.2) is 11.5 Å². The van der Waals surface area contributed by atoms with Crippen molar-refractivity contribution in [3.63, 3.8) is 0 Å². The molecule has 3 aromatic rings. The number of carbonyl (C=O) groups excluding carboxylic acids is 1. The lowest BCUT2D eigenvalue weighted by molar-refractivity contribution is -0.137. The van der Waals surface area contributed by atoms with Crippen LogP contribution < -0.4 is 14.2 Å². The summed E-state index contributed by atoms with van der Waals surface area (Å²) in [4.78, 5) is 14.8. The average molecular weight is 487 g/mol. The van der Waals surface area contributed by atoms with Gasteiger partial charge >= 0.3 is 6.18 Å². The van der Waals surface area contributed by atoms with Crippen molar-refractivity contribution in [1.29, 1.82) is 0 Å². The van der Waals surface area contributed by atoms with Crippen molar-refractivity contribution >= 4 is 12.0 Å². The van der Waals surface area contributed by atoms with Crippen LogP contribution in [0.3, 0.4) is 0 Å². The summed E-state index contributed by atoms with van der Waals surface area (Å²) in [5, 5.41) is 0. The second-order valence-corrected chi connectivity index (χ2v) is 7.89. The van der Waals surface area contributed by atoms with E-state index in [0.29, 0.717) is 30.2 Å². The number of hydrogen-bond donors (Lipinski definition) is 0.